The number of allylic oxidation sites excluding steroid dienone is 12. The van der Waals surface area contributed by atoms with Crippen molar-refractivity contribution >= 4 is 19.8 Å². The highest BCUT2D eigenvalue weighted by Gasteiger charge is 2.22. The molecule has 322 valence electrons. The summed E-state index contributed by atoms with van der Waals surface area (Å²) < 4.78 is 26.4. The molecule has 1 atom stereocenters. The van der Waals surface area contributed by atoms with Gasteiger partial charge in [-0.1, -0.05) is 170 Å². The van der Waals surface area contributed by atoms with Crippen LogP contribution in [0.1, 0.15) is 194 Å². The van der Waals surface area contributed by atoms with Crippen LogP contribution in [-0.4, -0.2) is 41.0 Å². The molecule has 0 fully saturated rings. The second kappa shape index (κ2) is 42.1. The van der Waals surface area contributed by atoms with Gasteiger partial charge in [0.25, 0.3) is 0 Å². The van der Waals surface area contributed by atoms with E-state index in [1.807, 2.05) is 0 Å². The van der Waals surface area contributed by atoms with Crippen LogP contribution in [0.15, 0.2) is 72.9 Å². The maximum Gasteiger partial charge on any atom is 0.469 e. The van der Waals surface area contributed by atoms with Crippen molar-refractivity contribution in [2.45, 2.75) is 200 Å². The molecule has 1 unspecified atom stereocenters. The first-order valence-corrected chi connectivity index (χ1v) is 23.8. The van der Waals surface area contributed by atoms with Crippen molar-refractivity contribution in [3.05, 3.63) is 72.9 Å². The third-order valence-corrected chi connectivity index (χ3v) is 9.69. The number of esters is 2. The zero-order valence-corrected chi connectivity index (χ0v) is 36.4. The summed E-state index contributed by atoms with van der Waals surface area (Å²) in [5, 5.41) is 0. The van der Waals surface area contributed by atoms with E-state index in [1.54, 1.807) is 0 Å². The second-order valence-electron chi connectivity index (χ2n) is 14.6. The predicted molar refractivity (Wildman–Crippen MR) is 234 cm³/mol. The van der Waals surface area contributed by atoms with Crippen LogP contribution < -0.4 is 0 Å². The van der Waals surface area contributed by atoms with Gasteiger partial charge in [-0.2, -0.15) is 0 Å². The van der Waals surface area contributed by atoms with Gasteiger partial charge in [-0.25, -0.2) is 4.57 Å². The van der Waals surface area contributed by atoms with Gasteiger partial charge in [-0.05, 0) is 83.5 Å². The summed E-state index contributed by atoms with van der Waals surface area (Å²) in [5.41, 5.74) is 0. The number of hydrogen-bond acceptors (Lipinski definition) is 6. The molecule has 2 N–H and O–H groups in total. The van der Waals surface area contributed by atoms with Crippen LogP contribution in [0.4, 0.5) is 0 Å². The Hall–Kier alpha value is -2.51. The lowest BCUT2D eigenvalue weighted by Crippen LogP contribution is -2.29. The largest absolute Gasteiger partial charge is 0.469 e. The van der Waals surface area contributed by atoms with E-state index in [2.05, 4.69) is 91.3 Å². The third-order valence-electron chi connectivity index (χ3n) is 9.21. The van der Waals surface area contributed by atoms with Crippen LogP contribution in [0.5, 0.6) is 0 Å². The van der Waals surface area contributed by atoms with E-state index in [9.17, 15) is 14.2 Å². The summed E-state index contributed by atoms with van der Waals surface area (Å²) in [6.07, 6.45) is 54.7. The molecule has 0 saturated carbocycles. The molecule has 0 spiro atoms. The lowest BCUT2D eigenvalue weighted by atomic mass is 10.1. The fraction of sp³-hybridized carbons (Fsp3) is 0.702. The van der Waals surface area contributed by atoms with E-state index < -0.39 is 32.5 Å². The number of hydrogen-bond donors (Lipinski definition) is 2. The van der Waals surface area contributed by atoms with Gasteiger partial charge >= 0.3 is 19.8 Å². The van der Waals surface area contributed by atoms with E-state index >= 15 is 0 Å². The van der Waals surface area contributed by atoms with Gasteiger partial charge in [0.15, 0.2) is 6.10 Å². The summed E-state index contributed by atoms with van der Waals surface area (Å²) in [7, 11) is -4.77. The number of phosphoric ester groups is 1. The molecule has 0 aromatic rings. The highest BCUT2D eigenvalue weighted by molar-refractivity contribution is 7.46. The Morgan fingerprint density at radius 3 is 1.29 bits per heavy atom. The van der Waals surface area contributed by atoms with Crippen molar-refractivity contribution in [1.29, 1.82) is 0 Å². The van der Waals surface area contributed by atoms with Gasteiger partial charge in [0.1, 0.15) is 6.61 Å². The topological polar surface area (TPSA) is 119 Å². The van der Waals surface area contributed by atoms with Gasteiger partial charge < -0.3 is 19.3 Å². The summed E-state index contributed by atoms with van der Waals surface area (Å²) >= 11 is 0. The van der Waals surface area contributed by atoms with Crippen LogP contribution in [0, 0.1) is 0 Å². The maximum absolute atomic E-state index is 12.4. The molecule has 0 bridgehead atoms. The van der Waals surface area contributed by atoms with Crippen molar-refractivity contribution < 1.29 is 37.9 Å². The zero-order chi connectivity index (χ0) is 41.1. The van der Waals surface area contributed by atoms with E-state index in [0.29, 0.717) is 12.8 Å². The van der Waals surface area contributed by atoms with Gasteiger partial charge in [0, 0.05) is 12.8 Å². The Morgan fingerprint density at radius 2 is 0.857 bits per heavy atom. The smallest absolute Gasteiger partial charge is 0.462 e. The molecular weight excluding hydrogens is 723 g/mol. The molecule has 8 nitrogen and oxygen atoms in total. The van der Waals surface area contributed by atoms with Crippen LogP contribution in [-0.2, 0) is 28.2 Å². The molecule has 0 aliphatic carbocycles. The van der Waals surface area contributed by atoms with Crippen LogP contribution in [0.3, 0.4) is 0 Å². The average Bonchev–Trinajstić information content (AvgIpc) is 3.17. The Kier molecular flexibility index (Phi) is 40.2. The molecule has 0 aromatic carbocycles. The monoisotopic (exact) mass is 805 g/mol. The number of carbonyl (C=O) groups is 2. The number of ether oxygens (including phenoxy) is 2. The molecule has 0 aliphatic rings. The minimum absolute atomic E-state index is 0.191. The first-order valence-electron chi connectivity index (χ1n) is 22.2. The Morgan fingerprint density at radius 1 is 0.482 bits per heavy atom. The fourth-order valence-corrected chi connectivity index (χ4v) is 6.28. The van der Waals surface area contributed by atoms with Crippen molar-refractivity contribution in [3.63, 3.8) is 0 Å². The SMILES string of the molecule is CC/C=C\C/C=C\C/C=C\C/C=C\CCCCCCCCC(=O)OC(COC(=O)CCCCCCCCCCC/C=C\C/C=C\CCCCC)COP(=O)(O)O. The van der Waals surface area contributed by atoms with E-state index in [0.717, 1.165) is 96.3 Å². The summed E-state index contributed by atoms with van der Waals surface area (Å²) in [5.74, 6) is -0.908. The lowest BCUT2D eigenvalue weighted by molar-refractivity contribution is -0.161. The Labute approximate surface area is 342 Å². The fourth-order valence-electron chi connectivity index (χ4n) is 5.92. The maximum atomic E-state index is 12.4. The first-order chi connectivity index (χ1) is 27.3. The van der Waals surface area contributed by atoms with Gasteiger partial charge in [0.2, 0.25) is 0 Å². The second-order valence-corrected chi connectivity index (χ2v) is 15.9. The Balaban J connectivity index is 3.94. The van der Waals surface area contributed by atoms with Crippen molar-refractivity contribution in [1.82, 2.24) is 0 Å². The Bertz CT molecular complexity index is 1130. The van der Waals surface area contributed by atoms with Crippen molar-refractivity contribution in [2.24, 2.45) is 0 Å². The molecule has 0 aliphatic heterocycles. The standard InChI is InChI=1S/C47H81O8P/c1-3-5-7-9-11-13-15-17-19-21-23-25-27-29-31-33-35-37-39-41-46(48)53-43-45(44-54-56(50,51)52)55-47(49)42-40-38-36-34-32-30-28-26-24-22-20-18-16-14-12-10-8-6-4-2/h6,8,11-14,17-20,24,26,45H,3-5,7,9-10,15-16,21-23,25,27-44H2,1-2H3,(H2,50,51,52)/b8-6-,13-11-,14-12-,19-17-,20-18-,26-24-. The molecular formula is C47H81O8P. The normalized spacial score (nSPS) is 13.1. The third kappa shape index (κ3) is 44.2. The number of unbranched alkanes of at least 4 members (excludes halogenated alkanes) is 18. The van der Waals surface area contributed by atoms with Crippen molar-refractivity contribution in [3.8, 4) is 0 Å². The highest BCUT2D eigenvalue weighted by Crippen LogP contribution is 2.36. The quantitative estimate of drug-likeness (QED) is 0.0272. The van der Waals surface area contributed by atoms with Gasteiger partial charge in [0.05, 0.1) is 6.61 Å². The number of carbonyl (C=O) groups excluding carboxylic acids is 2. The number of phosphoric acid groups is 1. The molecule has 0 saturated heterocycles. The van der Waals surface area contributed by atoms with E-state index in [4.69, 9.17) is 19.3 Å². The molecule has 0 amide bonds. The molecule has 0 rings (SSSR count). The minimum Gasteiger partial charge on any atom is -0.462 e. The highest BCUT2D eigenvalue weighted by atomic mass is 31.2. The number of rotatable bonds is 40. The molecule has 0 radical (unpaired) electrons. The lowest BCUT2D eigenvalue weighted by Gasteiger charge is -2.18. The van der Waals surface area contributed by atoms with Crippen LogP contribution in [0.25, 0.3) is 0 Å². The first kappa shape index (κ1) is 53.5. The van der Waals surface area contributed by atoms with Crippen LogP contribution in [0.2, 0.25) is 0 Å². The molecule has 0 heterocycles. The summed E-state index contributed by atoms with van der Waals surface area (Å²) in [6.45, 7) is 3.54. The van der Waals surface area contributed by atoms with E-state index in [1.165, 1.54) is 57.8 Å². The average molecular weight is 805 g/mol. The summed E-state index contributed by atoms with van der Waals surface area (Å²) in [4.78, 5) is 43.0. The predicted octanol–water partition coefficient (Wildman–Crippen LogP) is 13.9. The summed E-state index contributed by atoms with van der Waals surface area (Å²) in [6, 6.07) is 0. The molecule has 56 heavy (non-hydrogen) atoms. The minimum atomic E-state index is -4.77. The van der Waals surface area contributed by atoms with Crippen LogP contribution >= 0.6 is 7.82 Å². The van der Waals surface area contributed by atoms with E-state index in [-0.39, 0.29) is 19.4 Å². The molecule has 0 aromatic heterocycles. The van der Waals surface area contributed by atoms with Crippen molar-refractivity contribution in [2.75, 3.05) is 13.2 Å². The van der Waals surface area contributed by atoms with Gasteiger partial charge in [-0.3, -0.25) is 14.1 Å². The molecule has 9 heteroatoms. The van der Waals surface area contributed by atoms with Gasteiger partial charge in [-0.15, -0.1) is 0 Å². The zero-order valence-electron chi connectivity index (χ0n) is 35.5.